The smallest absolute Gasteiger partial charge is 0.160 e. The van der Waals surface area contributed by atoms with Crippen LogP contribution in [0.1, 0.15) is 11.3 Å². The third kappa shape index (κ3) is 2.52. The number of nitrogens with one attached hydrogen (secondary N) is 1. The Morgan fingerprint density at radius 1 is 1.50 bits per heavy atom. The molecule has 2 aromatic rings. The van der Waals surface area contributed by atoms with Crippen molar-refractivity contribution in [2.45, 2.75) is 13.5 Å². The molecule has 3 nitrogen and oxygen atoms in total. The zero-order valence-electron chi connectivity index (χ0n) is 9.36. The van der Waals surface area contributed by atoms with E-state index in [0.29, 0.717) is 0 Å². The van der Waals surface area contributed by atoms with E-state index >= 15 is 0 Å². The molecule has 0 fully saturated rings. The maximum absolute atomic E-state index is 5.25. The number of anilines is 1. The van der Waals surface area contributed by atoms with E-state index in [4.69, 9.17) is 4.74 Å². The van der Waals surface area contributed by atoms with Gasteiger partial charge in [-0.25, -0.2) is 0 Å². The van der Waals surface area contributed by atoms with Crippen molar-refractivity contribution < 1.29 is 4.74 Å². The molecule has 0 aliphatic heterocycles. The van der Waals surface area contributed by atoms with Crippen LogP contribution in [0.5, 0.6) is 5.75 Å². The predicted molar refractivity (Wildman–Crippen MR) is 67.2 cm³/mol. The van der Waals surface area contributed by atoms with Crippen LogP contribution in [0.3, 0.4) is 0 Å². The van der Waals surface area contributed by atoms with Crippen molar-refractivity contribution in [1.82, 2.24) is 4.98 Å². The highest BCUT2D eigenvalue weighted by molar-refractivity contribution is 7.07. The van der Waals surface area contributed by atoms with E-state index in [1.54, 1.807) is 24.6 Å². The first-order valence-corrected chi connectivity index (χ1v) is 5.99. The molecule has 84 valence electrons. The molecule has 16 heavy (non-hydrogen) atoms. The number of rotatable bonds is 4. The highest BCUT2D eigenvalue weighted by Gasteiger charge is 2.03. The number of pyridine rings is 1. The maximum Gasteiger partial charge on any atom is 0.160 e. The first-order valence-electron chi connectivity index (χ1n) is 5.05. The Labute approximate surface area is 99.1 Å². The standard InChI is InChI=1S/C12H14N2OS/c1-9-5-11(12(15-2)7-13-9)14-6-10-3-4-16-8-10/h3-5,7-8H,6H2,1-2H3,(H,13,14). The lowest BCUT2D eigenvalue weighted by atomic mass is 10.3. The molecule has 0 radical (unpaired) electrons. The molecule has 0 atom stereocenters. The third-order valence-corrected chi connectivity index (χ3v) is 3.02. The molecule has 0 aliphatic rings. The van der Waals surface area contributed by atoms with Crippen LogP contribution < -0.4 is 10.1 Å². The summed E-state index contributed by atoms with van der Waals surface area (Å²) in [7, 11) is 1.65. The largest absolute Gasteiger partial charge is 0.493 e. The van der Waals surface area contributed by atoms with Gasteiger partial charge in [-0.2, -0.15) is 11.3 Å². The molecule has 2 heterocycles. The fraction of sp³-hybridized carbons (Fsp3) is 0.250. The van der Waals surface area contributed by atoms with Gasteiger partial charge in [0, 0.05) is 12.2 Å². The second-order valence-electron chi connectivity index (χ2n) is 3.51. The van der Waals surface area contributed by atoms with Crippen LogP contribution >= 0.6 is 11.3 Å². The van der Waals surface area contributed by atoms with Crippen LogP contribution in [-0.4, -0.2) is 12.1 Å². The number of nitrogens with zero attached hydrogens (tertiary/aromatic N) is 1. The second-order valence-corrected chi connectivity index (χ2v) is 4.29. The zero-order valence-corrected chi connectivity index (χ0v) is 10.2. The van der Waals surface area contributed by atoms with Gasteiger partial charge in [0.25, 0.3) is 0 Å². The summed E-state index contributed by atoms with van der Waals surface area (Å²) in [5, 5.41) is 7.56. The monoisotopic (exact) mass is 234 g/mol. The number of ether oxygens (including phenoxy) is 1. The molecule has 0 spiro atoms. The van der Waals surface area contributed by atoms with E-state index in [2.05, 4.69) is 27.1 Å². The van der Waals surface area contributed by atoms with Gasteiger partial charge < -0.3 is 10.1 Å². The average molecular weight is 234 g/mol. The molecule has 2 rings (SSSR count). The van der Waals surface area contributed by atoms with Gasteiger partial charge in [0.1, 0.15) is 0 Å². The van der Waals surface area contributed by atoms with Crippen LogP contribution in [0, 0.1) is 6.92 Å². The van der Waals surface area contributed by atoms with Gasteiger partial charge in [-0.05, 0) is 35.4 Å². The Morgan fingerprint density at radius 3 is 3.06 bits per heavy atom. The Kier molecular flexibility index (Phi) is 3.41. The van der Waals surface area contributed by atoms with Crippen LogP contribution in [0.25, 0.3) is 0 Å². The van der Waals surface area contributed by atoms with E-state index in [-0.39, 0.29) is 0 Å². The fourth-order valence-electron chi connectivity index (χ4n) is 1.44. The molecule has 1 N–H and O–H groups in total. The highest BCUT2D eigenvalue weighted by Crippen LogP contribution is 2.24. The summed E-state index contributed by atoms with van der Waals surface area (Å²) in [6.07, 6.45) is 1.74. The number of hydrogen-bond acceptors (Lipinski definition) is 4. The summed E-state index contributed by atoms with van der Waals surface area (Å²) in [6, 6.07) is 4.10. The van der Waals surface area contributed by atoms with Gasteiger partial charge in [0.15, 0.2) is 5.75 Å². The van der Waals surface area contributed by atoms with Gasteiger partial charge in [0.2, 0.25) is 0 Å². The summed E-state index contributed by atoms with van der Waals surface area (Å²) < 4.78 is 5.25. The minimum Gasteiger partial charge on any atom is -0.493 e. The van der Waals surface area contributed by atoms with Gasteiger partial charge in [-0.1, -0.05) is 0 Å². The fourth-order valence-corrected chi connectivity index (χ4v) is 2.11. The molecule has 0 bridgehead atoms. The van der Waals surface area contributed by atoms with Crippen molar-refractivity contribution in [3.63, 3.8) is 0 Å². The molecule has 0 saturated heterocycles. The van der Waals surface area contributed by atoms with Crippen molar-refractivity contribution in [2.24, 2.45) is 0 Å². The molecule has 0 saturated carbocycles. The van der Waals surface area contributed by atoms with Crippen molar-refractivity contribution in [3.8, 4) is 5.75 Å². The summed E-state index contributed by atoms with van der Waals surface area (Å²) in [5.41, 5.74) is 3.25. The first-order chi connectivity index (χ1) is 7.79. The van der Waals surface area contributed by atoms with E-state index in [9.17, 15) is 0 Å². The lowest BCUT2D eigenvalue weighted by Gasteiger charge is -2.10. The Morgan fingerprint density at radius 2 is 2.38 bits per heavy atom. The van der Waals surface area contributed by atoms with E-state index < -0.39 is 0 Å². The summed E-state index contributed by atoms with van der Waals surface area (Å²) in [5.74, 6) is 0.779. The minimum atomic E-state index is 0.779. The Hall–Kier alpha value is -1.55. The summed E-state index contributed by atoms with van der Waals surface area (Å²) in [4.78, 5) is 4.19. The molecule has 4 heteroatoms. The first kappa shape index (κ1) is 11.0. The molecule has 0 amide bonds. The molecule has 0 aromatic carbocycles. The van der Waals surface area contributed by atoms with Crippen LogP contribution in [0.2, 0.25) is 0 Å². The van der Waals surface area contributed by atoms with E-state index in [1.807, 2.05) is 13.0 Å². The Balaban J connectivity index is 2.11. The van der Waals surface area contributed by atoms with E-state index in [1.165, 1.54) is 5.56 Å². The summed E-state index contributed by atoms with van der Waals surface area (Å²) >= 11 is 1.70. The van der Waals surface area contributed by atoms with Crippen LogP contribution in [-0.2, 0) is 6.54 Å². The highest BCUT2D eigenvalue weighted by atomic mass is 32.1. The molecule has 0 unspecified atom stereocenters. The lowest BCUT2D eigenvalue weighted by molar-refractivity contribution is 0.414. The third-order valence-electron chi connectivity index (χ3n) is 2.29. The number of aromatic nitrogens is 1. The Bertz CT molecular complexity index is 454. The van der Waals surface area contributed by atoms with Crippen molar-refractivity contribution in [3.05, 3.63) is 40.3 Å². The second kappa shape index (κ2) is 4.99. The van der Waals surface area contributed by atoms with Crippen LogP contribution in [0.15, 0.2) is 29.1 Å². The van der Waals surface area contributed by atoms with E-state index in [0.717, 1.165) is 23.7 Å². The summed E-state index contributed by atoms with van der Waals surface area (Å²) in [6.45, 7) is 2.78. The lowest BCUT2D eigenvalue weighted by Crippen LogP contribution is -2.01. The normalized spacial score (nSPS) is 10.1. The average Bonchev–Trinajstić information content (AvgIpc) is 2.79. The zero-order chi connectivity index (χ0) is 11.4. The molecule has 2 aromatic heterocycles. The number of thiophene rings is 1. The van der Waals surface area contributed by atoms with Gasteiger partial charge in [-0.3, -0.25) is 4.98 Å². The number of methoxy groups -OCH3 is 1. The molecule has 0 aliphatic carbocycles. The van der Waals surface area contributed by atoms with Gasteiger partial charge >= 0.3 is 0 Å². The van der Waals surface area contributed by atoms with Crippen molar-refractivity contribution in [2.75, 3.05) is 12.4 Å². The van der Waals surface area contributed by atoms with Gasteiger partial charge in [0.05, 0.1) is 19.0 Å². The maximum atomic E-state index is 5.25. The SMILES string of the molecule is COc1cnc(C)cc1NCc1ccsc1. The van der Waals surface area contributed by atoms with Crippen LogP contribution in [0.4, 0.5) is 5.69 Å². The molecular weight excluding hydrogens is 220 g/mol. The predicted octanol–water partition coefficient (Wildman–Crippen LogP) is 3.07. The topological polar surface area (TPSA) is 34.1 Å². The number of aryl methyl sites for hydroxylation is 1. The quantitative estimate of drug-likeness (QED) is 0.882. The number of hydrogen-bond donors (Lipinski definition) is 1. The van der Waals surface area contributed by atoms with Crippen molar-refractivity contribution >= 4 is 17.0 Å². The molecular formula is C12H14N2OS. The van der Waals surface area contributed by atoms with Crippen molar-refractivity contribution in [1.29, 1.82) is 0 Å². The minimum absolute atomic E-state index is 0.779. The van der Waals surface area contributed by atoms with Gasteiger partial charge in [-0.15, -0.1) is 0 Å².